The number of anilines is 1. The molecule has 0 aliphatic rings. The van der Waals surface area contributed by atoms with Crippen molar-refractivity contribution in [2.75, 3.05) is 25.0 Å². The number of benzene rings is 1. The van der Waals surface area contributed by atoms with Crippen molar-refractivity contribution < 1.29 is 9.53 Å². The Morgan fingerprint density at radius 2 is 2.00 bits per heavy atom. The standard InChI is InChI=1S/C19H22N6O2/c1-14-5-3-4-6-16(14)27-12-19(26)21-9-8-20-17-11-18(23-13-22-17)25-10-7-15(2)24-25/h3-7,10-11,13H,8-9,12H2,1-2H3,(H,21,26)(H,20,22,23). The minimum absolute atomic E-state index is 0.0127. The molecule has 0 bridgehead atoms. The molecule has 1 aromatic carbocycles. The van der Waals surface area contributed by atoms with Crippen LogP contribution in [0.4, 0.5) is 5.82 Å². The second kappa shape index (κ2) is 8.79. The first-order valence-electron chi connectivity index (χ1n) is 8.65. The quantitative estimate of drug-likeness (QED) is 0.591. The molecule has 0 aliphatic heterocycles. The molecule has 0 atom stereocenters. The average Bonchev–Trinajstić information content (AvgIpc) is 3.11. The van der Waals surface area contributed by atoms with E-state index in [9.17, 15) is 4.79 Å². The van der Waals surface area contributed by atoms with Gasteiger partial charge < -0.3 is 15.4 Å². The summed E-state index contributed by atoms with van der Waals surface area (Å²) in [7, 11) is 0. The van der Waals surface area contributed by atoms with Crippen molar-refractivity contribution in [3.8, 4) is 11.6 Å². The van der Waals surface area contributed by atoms with Crippen LogP contribution in [0.3, 0.4) is 0 Å². The van der Waals surface area contributed by atoms with E-state index in [4.69, 9.17) is 4.74 Å². The molecule has 2 heterocycles. The highest BCUT2D eigenvalue weighted by atomic mass is 16.5. The molecule has 1 amide bonds. The third-order valence-corrected chi connectivity index (χ3v) is 3.82. The highest BCUT2D eigenvalue weighted by molar-refractivity contribution is 5.77. The minimum Gasteiger partial charge on any atom is -0.484 e. The van der Waals surface area contributed by atoms with Crippen LogP contribution in [0.25, 0.3) is 5.82 Å². The molecule has 8 nitrogen and oxygen atoms in total. The number of carbonyl (C=O) groups is 1. The van der Waals surface area contributed by atoms with Gasteiger partial charge in [0.25, 0.3) is 5.91 Å². The Bertz CT molecular complexity index is 908. The van der Waals surface area contributed by atoms with Crippen LogP contribution in [0, 0.1) is 13.8 Å². The monoisotopic (exact) mass is 366 g/mol. The number of nitrogens with one attached hydrogen (secondary N) is 2. The summed E-state index contributed by atoms with van der Waals surface area (Å²) in [6.45, 7) is 4.84. The Labute approximate surface area is 157 Å². The number of aryl methyl sites for hydroxylation is 2. The second-order valence-electron chi connectivity index (χ2n) is 5.99. The van der Waals surface area contributed by atoms with Crippen molar-refractivity contribution in [1.29, 1.82) is 0 Å². The summed E-state index contributed by atoms with van der Waals surface area (Å²) in [5.41, 5.74) is 1.91. The van der Waals surface area contributed by atoms with Crippen LogP contribution in [0.2, 0.25) is 0 Å². The number of rotatable bonds is 8. The molecule has 0 saturated carbocycles. The van der Waals surface area contributed by atoms with Crippen LogP contribution in [-0.2, 0) is 4.79 Å². The molecule has 0 unspecified atom stereocenters. The van der Waals surface area contributed by atoms with Gasteiger partial charge in [-0.1, -0.05) is 18.2 Å². The van der Waals surface area contributed by atoms with E-state index < -0.39 is 0 Å². The van der Waals surface area contributed by atoms with Gasteiger partial charge in [0.2, 0.25) is 0 Å². The Kier molecular flexibility index (Phi) is 5.98. The molecule has 8 heteroatoms. The molecule has 2 aromatic heterocycles. The van der Waals surface area contributed by atoms with Crippen molar-refractivity contribution in [1.82, 2.24) is 25.1 Å². The van der Waals surface area contributed by atoms with E-state index in [1.54, 1.807) is 10.7 Å². The Balaban J connectivity index is 1.41. The van der Waals surface area contributed by atoms with Crippen molar-refractivity contribution in [3.05, 3.63) is 60.2 Å². The van der Waals surface area contributed by atoms with Crippen molar-refractivity contribution >= 4 is 11.7 Å². The van der Waals surface area contributed by atoms with Gasteiger partial charge in [-0.2, -0.15) is 5.10 Å². The van der Waals surface area contributed by atoms with E-state index in [-0.39, 0.29) is 12.5 Å². The van der Waals surface area contributed by atoms with Gasteiger partial charge in [0, 0.05) is 25.4 Å². The Morgan fingerprint density at radius 3 is 2.78 bits per heavy atom. The van der Waals surface area contributed by atoms with Crippen molar-refractivity contribution in [3.63, 3.8) is 0 Å². The number of amides is 1. The normalized spacial score (nSPS) is 10.4. The highest BCUT2D eigenvalue weighted by Crippen LogP contribution is 2.15. The van der Waals surface area contributed by atoms with E-state index in [1.807, 2.05) is 50.4 Å². The third-order valence-electron chi connectivity index (χ3n) is 3.82. The van der Waals surface area contributed by atoms with E-state index in [2.05, 4.69) is 25.7 Å². The number of para-hydroxylation sites is 1. The summed E-state index contributed by atoms with van der Waals surface area (Å²) in [6.07, 6.45) is 3.32. The van der Waals surface area contributed by atoms with E-state index in [0.717, 1.165) is 11.3 Å². The zero-order valence-corrected chi connectivity index (χ0v) is 15.3. The lowest BCUT2D eigenvalue weighted by Gasteiger charge is -2.10. The lowest BCUT2D eigenvalue weighted by molar-refractivity contribution is -0.123. The first-order chi connectivity index (χ1) is 13.1. The summed E-state index contributed by atoms with van der Waals surface area (Å²) in [5.74, 6) is 1.89. The van der Waals surface area contributed by atoms with Gasteiger partial charge in [-0.25, -0.2) is 14.6 Å². The van der Waals surface area contributed by atoms with Gasteiger partial charge in [0.1, 0.15) is 17.9 Å². The minimum atomic E-state index is -0.171. The fraction of sp³-hybridized carbons (Fsp3) is 0.263. The Hall–Kier alpha value is -3.42. The Morgan fingerprint density at radius 1 is 1.15 bits per heavy atom. The maximum absolute atomic E-state index is 11.9. The number of hydrogen-bond donors (Lipinski definition) is 2. The smallest absolute Gasteiger partial charge is 0.258 e. The lowest BCUT2D eigenvalue weighted by atomic mass is 10.2. The number of nitrogens with zero attached hydrogens (tertiary/aromatic N) is 4. The average molecular weight is 366 g/mol. The third kappa shape index (κ3) is 5.27. The molecule has 140 valence electrons. The summed E-state index contributed by atoms with van der Waals surface area (Å²) in [5, 5.41) is 10.3. The van der Waals surface area contributed by atoms with Crippen molar-refractivity contribution in [2.24, 2.45) is 0 Å². The van der Waals surface area contributed by atoms with E-state index in [1.165, 1.54) is 6.33 Å². The van der Waals surface area contributed by atoms with Gasteiger partial charge in [-0.15, -0.1) is 0 Å². The largest absolute Gasteiger partial charge is 0.484 e. The summed E-state index contributed by atoms with van der Waals surface area (Å²) < 4.78 is 7.21. The fourth-order valence-corrected chi connectivity index (χ4v) is 2.42. The topological polar surface area (TPSA) is 94.0 Å². The molecule has 0 fully saturated rings. The number of carbonyl (C=O) groups excluding carboxylic acids is 1. The zero-order valence-electron chi connectivity index (χ0n) is 15.3. The summed E-state index contributed by atoms with van der Waals surface area (Å²) >= 11 is 0. The molecule has 0 radical (unpaired) electrons. The van der Waals surface area contributed by atoms with Gasteiger partial charge in [-0.05, 0) is 31.5 Å². The van der Waals surface area contributed by atoms with Crippen LogP contribution in [0.1, 0.15) is 11.3 Å². The van der Waals surface area contributed by atoms with Gasteiger partial charge >= 0.3 is 0 Å². The first-order valence-corrected chi connectivity index (χ1v) is 8.65. The zero-order chi connectivity index (χ0) is 19.1. The maximum atomic E-state index is 11.9. The van der Waals surface area contributed by atoms with Crippen LogP contribution in [-0.4, -0.2) is 45.4 Å². The maximum Gasteiger partial charge on any atom is 0.258 e. The van der Waals surface area contributed by atoms with Gasteiger partial charge in [0.05, 0.1) is 5.69 Å². The molecule has 2 N–H and O–H groups in total. The fourth-order valence-electron chi connectivity index (χ4n) is 2.42. The number of aromatic nitrogens is 4. The molecule has 3 rings (SSSR count). The molecule has 0 aliphatic carbocycles. The second-order valence-corrected chi connectivity index (χ2v) is 5.99. The van der Waals surface area contributed by atoms with E-state index in [0.29, 0.717) is 30.5 Å². The molecule has 3 aromatic rings. The SMILES string of the molecule is Cc1ccn(-c2cc(NCCNC(=O)COc3ccccc3C)ncn2)n1. The van der Waals surface area contributed by atoms with Crippen molar-refractivity contribution in [2.45, 2.75) is 13.8 Å². The first kappa shape index (κ1) is 18.4. The molecule has 27 heavy (non-hydrogen) atoms. The van der Waals surface area contributed by atoms with Gasteiger partial charge in [-0.3, -0.25) is 4.79 Å². The summed E-state index contributed by atoms with van der Waals surface area (Å²) in [4.78, 5) is 20.3. The number of ether oxygens (including phenoxy) is 1. The molecular formula is C19H22N6O2. The van der Waals surface area contributed by atoms with Crippen LogP contribution in [0.5, 0.6) is 5.75 Å². The molecule has 0 spiro atoms. The van der Waals surface area contributed by atoms with Gasteiger partial charge in [0.15, 0.2) is 12.4 Å². The molecule has 0 saturated heterocycles. The van der Waals surface area contributed by atoms with E-state index >= 15 is 0 Å². The highest BCUT2D eigenvalue weighted by Gasteiger charge is 2.05. The van der Waals surface area contributed by atoms with Crippen LogP contribution >= 0.6 is 0 Å². The van der Waals surface area contributed by atoms with Crippen LogP contribution < -0.4 is 15.4 Å². The molecular weight excluding hydrogens is 344 g/mol. The summed E-state index contributed by atoms with van der Waals surface area (Å²) in [6, 6.07) is 11.3. The van der Waals surface area contributed by atoms with Crippen LogP contribution in [0.15, 0.2) is 48.9 Å². The predicted octanol–water partition coefficient (Wildman–Crippen LogP) is 1.89. The lowest BCUT2D eigenvalue weighted by Crippen LogP contribution is -2.32. The number of hydrogen-bond acceptors (Lipinski definition) is 6. The predicted molar refractivity (Wildman–Crippen MR) is 102 cm³/mol.